The first-order valence-electron chi connectivity index (χ1n) is 8.80. The number of aromatic nitrogens is 1. The van der Waals surface area contributed by atoms with Gasteiger partial charge in [0.25, 0.3) is 5.91 Å². The summed E-state index contributed by atoms with van der Waals surface area (Å²) in [5.74, 6) is -1.75. The molecule has 1 amide bonds. The summed E-state index contributed by atoms with van der Waals surface area (Å²) in [7, 11) is 0. The Morgan fingerprint density at radius 3 is 2.56 bits per heavy atom. The highest BCUT2D eigenvalue weighted by atomic mass is 19.1. The van der Waals surface area contributed by atoms with Gasteiger partial charge in [0.15, 0.2) is 5.79 Å². The maximum Gasteiger partial charge on any atom is 0.254 e. The SMILES string of the molecule is O=C(c1ccnc(Nc2ccc(F)cc2F)c1)N1CCC2(CC1)OCCO2. The van der Waals surface area contributed by atoms with Crippen molar-refractivity contribution in [3.05, 3.63) is 53.7 Å². The fourth-order valence-corrected chi connectivity index (χ4v) is 3.38. The Balaban J connectivity index is 1.45. The normalized spacial score (nSPS) is 18.7. The van der Waals surface area contributed by atoms with E-state index in [1.807, 2.05) is 0 Å². The molecule has 8 heteroatoms. The number of nitrogens with one attached hydrogen (secondary N) is 1. The third-order valence-electron chi connectivity index (χ3n) is 4.83. The second kappa shape index (κ2) is 7.21. The molecule has 0 saturated carbocycles. The molecule has 0 atom stereocenters. The van der Waals surface area contributed by atoms with Gasteiger partial charge in [-0.05, 0) is 24.3 Å². The van der Waals surface area contributed by atoms with Crippen LogP contribution in [0.3, 0.4) is 0 Å². The Morgan fingerprint density at radius 2 is 1.85 bits per heavy atom. The number of likely N-dealkylation sites (tertiary alicyclic amines) is 1. The Bertz CT molecular complexity index is 846. The molecule has 2 aliphatic heterocycles. The molecule has 2 aromatic rings. The molecule has 1 spiro atoms. The molecule has 2 fully saturated rings. The predicted octanol–water partition coefficient (Wildman–Crippen LogP) is 3.08. The van der Waals surface area contributed by atoms with Crippen molar-refractivity contribution in [3.8, 4) is 0 Å². The maximum atomic E-state index is 13.8. The molecule has 142 valence electrons. The van der Waals surface area contributed by atoms with Crippen LogP contribution >= 0.6 is 0 Å². The van der Waals surface area contributed by atoms with Crippen LogP contribution in [0.5, 0.6) is 0 Å². The number of anilines is 2. The largest absolute Gasteiger partial charge is 0.347 e. The lowest BCUT2D eigenvalue weighted by molar-refractivity contribution is -0.181. The highest BCUT2D eigenvalue weighted by Gasteiger charge is 2.40. The molecule has 1 aromatic heterocycles. The number of pyridine rings is 1. The summed E-state index contributed by atoms with van der Waals surface area (Å²) >= 11 is 0. The van der Waals surface area contributed by atoms with Crippen molar-refractivity contribution in [1.82, 2.24) is 9.88 Å². The zero-order valence-electron chi connectivity index (χ0n) is 14.6. The van der Waals surface area contributed by atoms with E-state index >= 15 is 0 Å². The van der Waals surface area contributed by atoms with Crippen LogP contribution in [-0.2, 0) is 9.47 Å². The molecular weight excluding hydrogens is 356 g/mol. The van der Waals surface area contributed by atoms with Crippen LogP contribution in [0, 0.1) is 11.6 Å². The van der Waals surface area contributed by atoms with Gasteiger partial charge in [-0.3, -0.25) is 4.79 Å². The summed E-state index contributed by atoms with van der Waals surface area (Å²) in [6, 6.07) is 6.39. The number of carbonyl (C=O) groups is 1. The summed E-state index contributed by atoms with van der Waals surface area (Å²) in [6.07, 6.45) is 2.75. The summed E-state index contributed by atoms with van der Waals surface area (Å²) < 4.78 is 38.2. The van der Waals surface area contributed by atoms with Gasteiger partial charge in [0.05, 0.1) is 18.9 Å². The molecule has 0 aliphatic carbocycles. The Labute approximate surface area is 155 Å². The number of amides is 1. The standard InChI is InChI=1S/C19H19F2N3O3/c20-14-1-2-16(15(21)12-14)23-17-11-13(3-6-22-17)18(25)24-7-4-19(5-8-24)26-9-10-27-19/h1-3,6,11-12H,4-5,7-10H2,(H,22,23). The van der Waals surface area contributed by atoms with Crippen molar-refractivity contribution >= 4 is 17.4 Å². The van der Waals surface area contributed by atoms with Crippen molar-refractivity contribution in [2.45, 2.75) is 18.6 Å². The van der Waals surface area contributed by atoms with Gasteiger partial charge in [-0.2, -0.15) is 0 Å². The van der Waals surface area contributed by atoms with E-state index in [1.54, 1.807) is 17.0 Å². The van der Waals surface area contributed by atoms with Gasteiger partial charge in [-0.25, -0.2) is 13.8 Å². The van der Waals surface area contributed by atoms with Gasteiger partial charge in [-0.1, -0.05) is 0 Å². The van der Waals surface area contributed by atoms with Crippen LogP contribution in [0.15, 0.2) is 36.5 Å². The minimum atomic E-state index is -0.730. The summed E-state index contributed by atoms with van der Waals surface area (Å²) in [5.41, 5.74) is 0.531. The number of rotatable bonds is 3. The molecular formula is C19H19F2N3O3. The second-order valence-corrected chi connectivity index (χ2v) is 6.58. The zero-order valence-corrected chi connectivity index (χ0v) is 14.6. The summed E-state index contributed by atoms with van der Waals surface area (Å²) in [4.78, 5) is 18.6. The number of benzene rings is 1. The van der Waals surface area contributed by atoms with E-state index in [0.29, 0.717) is 50.5 Å². The topological polar surface area (TPSA) is 63.7 Å². The van der Waals surface area contributed by atoms with E-state index < -0.39 is 17.4 Å². The van der Waals surface area contributed by atoms with Crippen molar-refractivity contribution in [2.24, 2.45) is 0 Å². The number of piperidine rings is 1. The first-order chi connectivity index (χ1) is 13.0. The number of hydrogen-bond acceptors (Lipinski definition) is 5. The second-order valence-electron chi connectivity index (χ2n) is 6.58. The molecule has 2 aliphatic rings. The number of hydrogen-bond donors (Lipinski definition) is 1. The van der Waals surface area contributed by atoms with Crippen LogP contribution in [0.1, 0.15) is 23.2 Å². The average molecular weight is 375 g/mol. The van der Waals surface area contributed by atoms with Crippen molar-refractivity contribution in [1.29, 1.82) is 0 Å². The quantitative estimate of drug-likeness (QED) is 0.893. The summed E-state index contributed by atoms with van der Waals surface area (Å²) in [6.45, 7) is 2.26. The van der Waals surface area contributed by atoms with E-state index in [2.05, 4.69) is 10.3 Å². The number of ether oxygens (including phenoxy) is 2. The van der Waals surface area contributed by atoms with E-state index in [-0.39, 0.29) is 11.6 Å². The Kier molecular flexibility index (Phi) is 4.75. The van der Waals surface area contributed by atoms with Crippen LogP contribution in [0.25, 0.3) is 0 Å². The molecule has 4 rings (SSSR count). The molecule has 6 nitrogen and oxygen atoms in total. The van der Waals surface area contributed by atoms with Crippen LogP contribution < -0.4 is 5.32 Å². The Hall–Kier alpha value is -2.58. The zero-order chi connectivity index (χ0) is 18.9. The smallest absolute Gasteiger partial charge is 0.254 e. The van der Waals surface area contributed by atoms with Crippen molar-refractivity contribution < 1.29 is 23.0 Å². The van der Waals surface area contributed by atoms with Gasteiger partial charge in [0.1, 0.15) is 17.5 Å². The third-order valence-corrected chi connectivity index (χ3v) is 4.83. The molecule has 2 saturated heterocycles. The van der Waals surface area contributed by atoms with Crippen molar-refractivity contribution in [3.63, 3.8) is 0 Å². The fraction of sp³-hybridized carbons (Fsp3) is 0.368. The Morgan fingerprint density at radius 1 is 1.11 bits per heavy atom. The lowest BCUT2D eigenvalue weighted by atomic mass is 10.0. The molecule has 0 bridgehead atoms. The summed E-state index contributed by atoms with van der Waals surface area (Å²) in [5, 5.41) is 2.77. The van der Waals surface area contributed by atoms with Crippen LogP contribution in [0.4, 0.5) is 20.3 Å². The van der Waals surface area contributed by atoms with E-state index in [4.69, 9.17) is 9.47 Å². The molecule has 0 unspecified atom stereocenters. The molecule has 1 N–H and O–H groups in total. The van der Waals surface area contributed by atoms with Crippen LogP contribution in [0.2, 0.25) is 0 Å². The van der Waals surface area contributed by atoms with Gasteiger partial charge in [0.2, 0.25) is 0 Å². The number of carbonyl (C=O) groups excluding carboxylic acids is 1. The minimum absolute atomic E-state index is 0.0870. The average Bonchev–Trinajstić information content (AvgIpc) is 3.12. The molecule has 1 aromatic carbocycles. The van der Waals surface area contributed by atoms with Crippen LogP contribution in [-0.4, -0.2) is 47.9 Å². The molecule has 0 radical (unpaired) electrons. The van der Waals surface area contributed by atoms with Gasteiger partial charge in [0, 0.05) is 43.8 Å². The lowest BCUT2D eigenvalue weighted by Crippen LogP contribution is -2.47. The van der Waals surface area contributed by atoms with E-state index in [1.165, 1.54) is 12.3 Å². The van der Waals surface area contributed by atoms with Gasteiger partial charge < -0.3 is 19.7 Å². The number of nitrogens with zero attached hydrogens (tertiary/aromatic N) is 2. The molecule has 3 heterocycles. The third kappa shape index (κ3) is 3.77. The predicted molar refractivity (Wildman–Crippen MR) is 93.7 cm³/mol. The maximum absolute atomic E-state index is 13.8. The highest BCUT2D eigenvalue weighted by molar-refractivity contribution is 5.95. The minimum Gasteiger partial charge on any atom is -0.347 e. The van der Waals surface area contributed by atoms with Gasteiger partial charge in [-0.15, -0.1) is 0 Å². The first-order valence-corrected chi connectivity index (χ1v) is 8.80. The van der Waals surface area contributed by atoms with E-state index in [9.17, 15) is 13.6 Å². The highest BCUT2D eigenvalue weighted by Crippen LogP contribution is 2.32. The first kappa shape index (κ1) is 17.8. The van der Waals surface area contributed by atoms with E-state index in [0.717, 1.165) is 12.1 Å². The lowest BCUT2D eigenvalue weighted by Gasteiger charge is -2.37. The van der Waals surface area contributed by atoms with Gasteiger partial charge >= 0.3 is 0 Å². The fourth-order valence-electron chi connectivity index (χ4n) is 3.38. The molecule has 27 heavy (non-hydrogen) atoms. The van der Waals surface area contributed by atoms with Crippen molar-refractivity contribution in [2.75, 3.05) is 31.6 Å². The monoisotopic (exact) mass is 375 g/mol. The number of halogens is 2.